The molecule has 1 heterocycles. The summed E-state index contributed by atoms with van der Waals surface area (Å²) in [4.78, 5) is 11.8. The lowest BCUT2D eigenvalue weighted by atomic mass is 10.2. The third-order valence-electron chi connectivity index (χ3n) is 3.44. The number of aromatic nitrogens is 3. The van der Waals surface area contributed by atoms with Gasteiger partial charge in [0.15, 0.2) is 0 Å². The van der Waals surface area contributed by atoms with Crippen LogP contribution in [0.5, 0.6) is 0 Å². The first-order valence-electron chi connectivity index (χ1n) is 7.90. The number of halogens is 1. The van der Waals surface area contributed by atoms with Crippen LogP contribution in [0.3, 0.4) is 0 Å². The molecule has 7 heteroatoms. The average molecular weight is 349 g/mol. The molecule has 26 heavy (non-hydrogen) atoms. The zero-order chi connectivity index (χ0) is 18.2. The molecule has 3 rings (SSSR count). The number of amides is 1. The lowest BCUT2D eigenvalue weighted by molar-refractivity contribution is 0.0955. The van der Waals surface area contributed by atoms with E-state index in [-0.39, 0.29) is 0 Å². The second-order valence-electron chi connectivity index (χ2n) is 5.41. The standard InChI is InChI=1S/C19H16FN5O/c20-17-10-8-16(9-11-17)19(26)23-21-12-4-7-18-14-25(24-22-18)13-15-5-2-1-3-6-15/h1-12,14H,13H2,(H,23,26)/b7-4+,21-12-. The summed E-state index contributed by atoms with van der Waals surface area (Å²) in [5, 5.41) is 11.9. The molecule has 2 aromatic carbocycles. The van der Waals surface area contributed by atoms with E-state index in [0.29, 0.717) is 17.8 Å². The number of hydrazone groups is 1. The highest BCUT2D eigenvalue weighted by molar-refractivity contribution is 5.94. The summed E-state index contributed by atoms with van der Waals surface area (Å²) >= 11 is 0. The molecule has 130 valence electrons. The summed E-state index contributed by atoms with van der Waals surface area (Å²) < 4.78 is 14.5. The molecular weight excluding hydrogens is 333 g/mol. The number of hydrogen-bond acceptors (Lipinski definition) is 4. The Labute approximate surface area is 149 Å². The molecule has 0 radical (unpaired) electrons. The highest BCUT2D eigenvalue weighted by Gasteiger charge is 2.03. The van der Waals surface area contributed by atoms with E-state index < -0.39 is 11.7 Å². The van der Waals surface area contributed by atoms with E-state index in [1.54, 1.807) is 16.8 Å². The van der Waals surface area contributed by atoms with Crippen LogP contribution in [0, 0.1) is 5.82 Å². The monoisotopic (exact) mass is 349 g/mol. The van der Waals surface area contributed by atoms with Crippen LogP contribution in [0.4, 0.5) is 4.39 Å². The minimum atomic E-state index is -0.413. The largest absolute Gasteiger partial charge is 0.271 e. The summed E-state index contributed by atoms with van der Waals surface area (Å²) in [6.45, 7) is 0.642. The number of nitrogens with zero attached hydrogens (tertiary/aromatic N) is 4. The minimum Gasteiger partial charge on any atom is -0.267 e. The van der Waals surface area contributed by atoms with Crippen molar-refractivity contribution >= 4 is 18.2 Å². The van der Waals surface area contributed by atoms with Crippen LogP contribution in [0.1, 0.15) is 21.6 Å². The Kier molecular flexibility index (Phi) is 5.61. The lowest BCUT2D eigenvalue weighted by Gasteiger charge is -1.98. The first-order chi connectivity index (χ1) is 12.7. The van der Waals surface area contributed by atoms with Crippen molar-refractivity contribution in [1.82, 2.24) is 20.4 Å². The van der Waals surface area contributed by atoms with Crippen molar-refractivity contribution in [2.45, 2.75) is 6.54 Å². The molecule has 0 saturated carbocycles. The van der Waals surface area contributed by atoms with Crippen molar-refractivity contribution < 1.29 is 9.18 Å². The maximum Gasteiger partial charge on any atom is 0.271 e. The molecule has 0 bridgehead atoms. The molecular formula is C19H16FN5O. The van der Waals surface area contributed by atoms with Gasteiger partial charge in [0.05, 0.1) is 12.7 Å². The predicted molar refractivity (Wildman–Crippen MR) is 97.0 cm³/mol. The molecule has 3 aromatic rings. The molecule has 0 spiro atoms. The maximum absolute atomic E-state index is 12.8. The summed E-state index contributed by atoms with van der Waals surface area (Å²) in [6.07, 6.45) is 6.61. The quantitative estimate of drug-likeness (QED) is 0.549. The van der Waals surface area contributed by atoms with Crippen molar-refractivity contribution in [3.63, 3.8) is 0 Å². The Morgan fingerprint density at radius 1 is 1.15 bits per heavy atom. The van der Waals surface area contributed by atoms with Gasteiger partial charge in [-0.15, -0.1) is 5.10 Å². The van der Waals surface area contributed by atoms with Gasteiger partial charge < -0.3 is 0 Å². The Bertz CT molecular complexity index is 917. The maximum atomic E-state index is 12.8. The van der Waals surface area contributed by atoms with Crippen LogP contribution in [0.2, 0.25) is 0 Å². The van der Waals surface area contributed by atoms with Gasteiger partial charge in [0.1, 0.15) is 11.5 Å². The number of rotatable bonds is 6. The summed E-state index contributed by atoms with van der Waals surface area (Å²) in [7, 11) is 0. The van der Waals surface area contributed by atoms with E-state index in [0.717, 1.165) is 5.56 Å². The molecule has 0 unspecified atom stereocenters. The normalized spacial score (nSPS) is 11.3. The Hall–Kier alpha value is -3.61. The molecule has 1 aromatic heterocycles. The summed E-state index contributed by atoms with van der Waals surface area (Å²) in [5.41, 5.74) is 4.50. The van der Waals surface area contributed by atoms with Gasteiger partial charge in [-0.2, -0.15) is 5.10 Å². The van der Waals surface area contributed by atoms with Crippen LogP contribution in [-0.2, 0) is 6.54 Å². The van der Waals surface area contributed by atoms with Crippen LogP contribution < -0.4 is 5.43 Å². The van der Waals surface area contributed by atoms with Crippen molar-refractivity contribution in [3.8, 4) is 0 Å². The van der Waals surface area contributed by atoms with E-state index in [1.807, 2.05) is 36.5 Å². The van der Waals surface area contributed by atoms with Gasteiger partial charge in [0.2, 0.25) is 0 Å². The number of hydrogen-bond donors (Lipinski definition) is 1. The van der Waals surface area contributed by atoms with E-state index in [2.05, 4.69) is 20.8 Å². The molecule has 0 aliphatic heterocycles. The SMILES string of the molecule is O=C(N/N=C\C=C\c1cn(Cc2ccccc2)nn1)c1ccc(F)cc1. The first kappa shape index (κ1) is 17.2. The number of benzene rings is 2. The van der Waals surface area contributed by atoms with Gasteiger partial charge in [0.25, 0.3) is 5.91 Å². The van der Waals surface area contributed by atoms with E-state index in [9.17, 15) is 9.18 Å². The molecule has 0 fully saturated rings. The fourth-order valence-electron chi connectivity index (χ4n) is 2.18. The van der Waals surface area contributed by atoms with Crippen LogP contribution in [-0.4, -0.2) is 27.1 Å². The minimum absolute atomic E-state index is 0.330. The molecule has 0 aliphatic rings. The number of nitrogens with one attached hydrogen (secondary N) is 1. The van der Waals surface area contributed by atoms with Gasteiger partial charge >= 0.3 is 0 Å². The van der Waals surface area contributed by atoms with Gasteiger partial charge in [0, 0.05) is 11.8 Å². The van der Waals surface area contributed by atoms with Crippen LogP contribution in [0.25, 0.3) is 6.08 Å². The van der Waals surface area contributed by atoms with Crippen LogP contribution >= 0.6 is 0 Å². The van der Waals surface area contributed by atoms with Crippen molar-refractivity contribution in [3.05, 3.63) is 89.5 Å². The fraction of sp³-hybridized carbons (Fsp3) is 0.0526. The van der Waals surface area contributed by atoms with Gasteiger partial charge in [-0.3, -0.25) is 4.79 Å². The summed E-state index contributed by atoms with van der Waals surface area (Å²) in [5.74, 6) is -0.809. The topological polar surface area (TPSA) is 72.2 Å². The second-order valence-corrected chi connectivity index (χ2v) is 5.41. The van der Waals surface area contributed by atoms with E-state index in [4.69, 9.17) is 0 Å². The van der Waals surface area contributed by atoms with Crippen molar-refractivity contribution in [1.29, 1.82) is 0 Å². The number of carbonyl (C=O) groups is 1. The van der Waals surface area contributed by atoms with Gasteiger partial charge in [-0.25, -0.2) is 14.5 Å². The second kappa shape index (κ2) is 8.48. The summed E-state index contributed by atoms with van der Waals surface area (Å²) in [6, 6.07) is 15.2. The zero-order valence-electron chi connectivity index (χ0n) is 13.8. The zero-order valence-corrected chi connectivity index (χ0v) is 13.8. The van der Waals surface area contributed by atoms with Gasteiger partial charge in [-0.1, -0.05) is 35.5 Å². The van der Waals surface area contributed by atoms with E-state index in [1.165, 1.54) is 30.5 Å². The first-order valence-corrected chi connectivity index (χ1v) is 7.90. The number of allylic oxidation sites excluding steroid dienone is 1. The highest BCUT2D eigenvalue weighted by atomic mass is 19.1. The van der Waals surface area contributed by atoms with Gasteiger partial charge in [-0.05, 0) is 42.0 Å². The highest BCUT2D eigenvalue weighted by Crippen LogP contribution is 2.03. The molecule has 6 nitrogen and oxygen atoms in total. The molecule has 1 amide bonds. The van der Waals surface area contributed by atoms with Crippen molar-refractivity contribution in [2.75, 3.05) is 0 Å². The molecule has 0 saturated heterocycles. The lowest BCUT2D eigenvalue weighted by Crippen LogP contribution is -2.17. The third kappa shape index (κ3) is 4.94. The molecule has 0 atom stereocenters. The van der Waals surface area contributed by atoms with E-state index >= 15 is 0 Å². The van der Waals surface area contributed by atoms with Crippen molar-refractivity contribution in [2.24, 2.45) is 5.10 Å². The molecule has 1 N–H and O–H groups in total. The predicted octanol–water partition coefficient (Wildman–Crippen LogP) is 2.89. The third-order valence-corrected chi connectivity index (χ3v) is 3.44. The average Bonchev–Trinajstić information content (AvgIpc) is 3.10. The van der Waals surface area contributed by atoms with Crippen LogP contribution in [0.15, 0.2) is 72.0 Å². The Balaban J connectivity index is 1.50. The fourth-order valence-corrected chi connectivity index (χ4v) is 2.18. The smallest absolute Gasteiger partial charge is 0.267 e. The Morgan fingerprint density at radius 3 is 2.69 bits per heavy atom. The number of carbonyl (C=O) groups excluding carboxylic acids is 1. The Morgan fingerprint density at radius 2 is 1.92 bits per heavy atom. The molecule has 0 aliphatic carbocycles.